The zero-order valence-electron chi connectivity index (χ0n) is 13.6. The summed E-state index contributed by atoms with van der Waals surface area (Å²) in [5, 5.41) is 11.4. The van der Waals surface area contributed by atoms with Crippen molar-refractivity contribution in [1.82, 2.24) is 0 Å². The van der Waals surface area contributed by atoms with Gasteiger partial charge in [-0.3, -0.25) is 10.1 Å². The molecule has 126 valence electrons. The Balaban J connectivity index is 1.91. The molecule has 2 aromatic carbocycles. The predicted molar refractivity (Wildman–Crippen MR) is 89.7 cm³/mol. The summed E-state index contributed by atoms with van der Waals surface area (Å²) in [4.78, 5) is 13.0. The lowest BCUT2D eigenvalue weighted by molar-refractivity contribution is -0.384. The highest BCUT2D eigenvalue weighted by Crippen LogP contribution is 2.34. The molecule has 0 aromatic heterocycles. The minimum Gasteiger partial charge on any atom is -0.367 e. The van der Waals surface area contributed by atoms with E-state index >= 15 is 0 Å². The maximum absolute atomic E-state index is 13.1. The van der Waals surface area contributed by atoms with Gasteiger partial charge in [0.25, 0.3) is 5.69 Å². The van der Waals surface area contributed by atoms with Gasteiger partial charge >= 0.3 is 0 Å². The fraction of sp³-hybridized carbons (Fsp3) is 0.333. The Hall–Kier alpha value is -2.47. The van der Waals surface area contributed by atoms with Crippen molar-refractivity contribution in [3.63, 3.8) is 0 Å². The first-order valence-corrected chi connectivity index (χ1v) is 7.85. The van der Waals surface area contributed by atoms with Crippen LogP contribution in [0.1, 0.15) is 24.2 Å². The number of hydrogen-bond acceptors (Lipinski definition) is 4. The number of benzene rings is 2. The van der Waals surface area contributed by atoms with Crippen molar-refractivity contribution >= 4 is 11.4 Å². The van der Waals surface area contributed by atoms with Crippen molar-refractivity contribution < 1.29 is 14.1 Å². The summed E-state index contributed by atoms with van der Waals surface area (Å²) < 4.78 is 19.1. The van der Waals surface area contributed by atoms with Crippen molar-refractivity contribution in [2.24, 2.45) is 0 Å². The molecule has 1 fully saturated rings. The molecule has 6 heteroatoms. The summed E-state index contributed by atoms with van der Waals surface area (Å²) in [6, 6.07) is 11.4. The number of nitrogens with zero attached hydrogens (tertiary/aromatic N) is 2. The second kappa shape index (κ2) is 6.57. The molecule has 2 aromatic rings. The number of ether oxygens (including phenoxy) is 1. The molecule has 0 spiro atoms. The van der Waals surface area contributed by atoms with Gasteiger partial charge in [0.2, 0.25) is 0 Å². The van der Waals surface area contributed by atoms with Gasteiger partial charge in [-0.25, -0.2) is 4.39 Å². The van der Waals surface area contributed by atoms with Gasteiger partial charge in [0.1, 0.15) is 17.6 Å². The molecule has 0 saturated carbocycles. The van der Waals surface area contributed by atoms with Crippen LogP contribution in [0.3, 0.4) is 0 Å². The highest BCUT2D eigenvalue weighted by molar-refractivity contribution is 5.64. The van der Waals surface area contributed by atoms with Crippen molar-refractivity contribution in [1.29, 1.82) is 0 Å². The van der Waals surface area contributed by atoms with E-state index in [2.05, 4.69) is 0 Å². The van der Waals surface area contributed by atoms with Gasteiger partial charge in [0, 0.05) is 19.2 Å². The quantitative estimate of drug-likeness (QED) is 0.630. The standard InChI is InChI=1S/C18H19FN2O3/c1-12-3-8-16(17(9-12)21(22)23)20-10-13(2)24-18(11-20)14-4-6-15(19)7-5-14/h3-9,13,18H,10-11H2,1-2H3. The number of nitro benzene ring substituents is 1. The smallest absolute Gasteiger partial charge is 0.292 e. The fourth-order valence-electron chi connectivity index (χ4n) is 3.06. The van der Waals surface area contributed by atoms with Gasteiger partial charge in [-0.15, -0.1) is 0 Å². The van der Waals surface area contributed by atoms with Crippen LogP contribution < -0.4 is 4.90 Å². The molecule has 5 nitrogen and oxygen atoms in total. The van der Waals surface area contributed by atoms with Gasteiger partial charge in [-0.1, -0.05) is 18.2 Å². The van der Waals surface area contributed by atoms with Crippen LogP contribution in [0.25, 0.3) is 0 Å². The number of rotatable bonds is 3. The molecule has 0 radical (unpaired) electrons. The van der Waals surface area contributed by atoms with Crippen molar-refractivity contribution in [2.45, 2.75) is 26.1 Å². The number of aryl methyl sites for hydroxylation is 1. The van der Waals surface area contributed by atoms with E-state index in [0.717, 1.165) is 11.1 Å². The largest absolute Gasteiger partial charge is 0.367 e. The van der Waals surface area contributed by atoms with Crippen LogP contribution in [0, 0.1) is 22.9 Å². The topological polar surface area (TPSA) is 55.6 Å². The first kappa shape index (κ1) is 16.4. The zero-order valence-corrected chi connectivity index (χ0v) is 13.6. The maximum Gasteiger partial charge on any atom is 0.292 e. The van der Waals surface area contributed by atoms with Crippen LogP contribution in [-0.4, -0.2) is 24.1 Å². The molecule has 3 rings (SSSR count). The molecular weight excluding hydrogens is 311 g/mol. The number of nitro groups is 1. The summed E-state index contributed by atoms with van der Waals surface area (Å²) in [5.74, 6) is -0.298. The Morgan fingerprint density at radius 2 is 1.92 bits per heavy atom. The van der Waals surface area contributed by atoms with Crippen LogP contribution in [0.5, 0.6) is 0 Å². The molecule has 2 unspecified atom stereocenters. The van der Waals surface area contributed by atoms with E-state index < -0.39 is 0 Å². The van der Waals surface area contributed by atoms with E-state index in [0.29, 0.717) is 18.8 Å². The Kier molecular flexibility index (Phi) is 4.49. The maximum atomic E-state index is 13.1. The Bertz CT molecular complexity index is 748. The van der Waals surface area contributed by atoms with Crippen LogP contribution in [0.2, 0.25) is 0 Å². The third-order valence-corrected chi connectivity index (χ3v) is 4.17. The summed E-state index contributed by atoms with van der Waals surface area (Å²) >= 11 is 0. The van der Waals surface area contributed by atoms with E-state index in [1.54, 1.807) is 24.3 Å². The van der Waals surface area contributed by atoms with E-state index in [9.17, 15) is 14.5 Å². The molecule has 0 bridgehead atoms. The predicted octanol–water partition coefficient (Wildman–Crippen LogP) is 4.01. The van der Waals surface area contributed by atoms with E-state index in [-0.39, 0.29) is 28.6 Å². The van der Waals surface area contributed by atoms with Gasteiger partial charge in [-0.05, 0) is 43.2 Å². The van der Waals surface area contributed by atoms with E-state index in [1.165, 1.54) is 12.1 Å². The average Bonchev–Trinajstić information content (AvgIpc) is 2.54. The van der Waals surface area contributed by atoms with Gasteiger partial charge in [0.15, 0.2) is 0 Å². The van der Waals surface area contributed by atoms with E-state index in [4.69, 9.17) is 4.74 Å². The molecule has 2 atom stereocenters. The fourth-order valence-corrected chi connectivity index (χ4v) is 3.06. The third-order valence-electron chi connectivity index (χ3n) is 4.17. The molecule has 0 N–H and O–H groups in total. The highest BCUT2D eigenvalue weighted by atomic mass is 19.1. The summed E-state index contributed by atoms with van der Waals surface area (Å²) in [5.41, 5.74) is 2.40. The van der Waals surface area contributed by atoms with Crippen LogP contribution >= 0.6 is 0 Å². The number of hydrogen-bond donors (Lipinski definition) is 0. The second-order valence-electron chi connectivity index (χ2n) is 6.14. The van der Waals surface area contributed by atoms with Crippen LogP contribution in [0.4, 0.5) is 15.8 Å². The first-order chi connectivity index (χ1) is 11.4. The molecule has 1 saturated heterocycles. The minimum atomic E-state index is -0.352. The molecule has 24 heavy (non-hydrogen) atoms. The normalized spacial score (nSPS) is 20.9. The lowest BCUT2D eigenvalue weighted by Crippen LogP contribution is -2.43. The third kappa shape index (κ3) is 3.38. The van der Waals surface area contributed by atoms with Crippen molar-refractivity contribution in [3.05, 3.63) is 69.5 Å². The van der Waals surface area contributed by atoms with Crippen molar-refractivity contribution in [2.75, 3.05) is 18.0 Å². The zero-order chi connectivity index (χ0) is 17.3. The molecule has 1 aliphatic heterocycles. The van der Waals surface area contributed by atoms with Gasteiger partial charge in [-0.2, -0.15) is 0 Å². The summed E-state index contributed by atoms with van der Waals surface area (Å²) in [7, 11) is 0. The highest BCUT2D eigenvalue weighted by Gasteiger charge is 2.30. The average molecular weight is 330 g/mol. The van der Waals surface area contributed by atoms with Crippen LogP contribution in [0.15, 0.2) is 42.5 Å². The Morgan fingerprint density at radius 1 is 1.21 bits per heavy atom. The number of halogens is 1. The van der Waals surface area contributed by atoms with Gasteiger partial charge < -0.3 is 9.64 Å². The lowest BCUT2D eigenvalue weighted by Gasteiger charge is -2.38. The first-order valence-electron chi connectivity index (χ1n) is 7.85. The second-order valence-corrected chi connectivity index (χ2v) is 6.14. The van der Waals surface area contributed by atoms with Crippen LogP contribution in [-0.2, 0) is 4.74 Å². The van der Waals surface area contributed by atoms with Crippen molar-refractivity contribution in [3.8, 4) is 0 Å². The molecule has 0 aliphatic carbocycles. The number of morpholine rings is 1. The monoisotopic (exact) mass is 330 g/mol. The Labute approximate surface area is 139 Å². The number of anilines is 1. The minimum absolute atomic E-state index is 0.0882. The van der Waals surface area contributed by atoms with E-state index in [1.807, 2.05) is 24.8 Å². The summed E-state index contributed by atoms with van der Waals surface area (Å²) in [6.07, 6.45) is -0.343. The Morgan fingerprint density at radius 3 is 2.58 bits per heavy atom. The molecule has 0 amide bonds. The molecule has 1 heterocycles. The molecule has 1 aliphatic rings. The lowest BCUT2D eigenvalue weighted by atomic mass is 10.0. The summed E-state index contributed by atoms with van der Waals surface area (Å²) in [6.45, 7) is 4.82. The SMILES string of the molecule is Cc1ccc(N2CC(C)OC(c3ccc(F)cc3)C2)c([N+](=O)[O-])c1. The molecular formula is C18H19FN2O3. The van der Waals surface area contributed by atoms with Gasteiger partial charge in [0.05, 0.1) is 11.0 Å².